The van der Waals surface area contributed by atoms with Crippen molar-refractivity contribution in [2.75, 3.05) is 154 Å². The second-order valence-corrected chi connectivity index (χ2v) is 42.1. The fourth-order valence-electron chi connectivity index (χ4n) is 21.3. The normalized spacial score (nSPS) is 30.7. The molecule has 6 fully saturated rings. The minimum atomic E-state index is -3.75. The molecule has 2 spiro atoms. The quantitative estimate of drug-likeness (QED) is 0.0828. The smallest absolute Gasteiger partial charge is 0.286 e. The van der Waals surface area contributed by atoms with E-state index in [-0.39, 0.29) is 106 Å². The average Bonchev–Trinajstić information content (AvgIpc) is 1.77. The molecule has 4 aliphatic carbocycles. The number of rotatable bonds is 12. The van der Waals surface area contributed by atoms with E-state index in [2.05, 4.69) is 72.2 Å². The van der Waals surface area contributed by atoms with Gasteiger partial charge in [-0.05, 0) is 195 Å². The number of aryl methyl sites for hydroxylation is 4. The molecule has 676 valence electrons. The number of carbonyl (C=O) groups is 6. The molecule has 6 aromatic rings. The first kappa shape index (κ1) is 89.0. The van der Waals surface area contributed by atoms with Gasteiger partial charge in [-0.15, -0.1) is 18.9 Å². The van der Waals surface area contributed by atoms with Gasteiger partial charge in [0.2, 0.25) is 23.6 Å². The molecule has 126 heavy (non-hydrogen) atoms. The van der Waals surface area contributed by atoms with Crippen molar-refractivity contribution < 1.29 is 75.8 Å². The number of benzene rings is 4. The molecule has 12 aliphatic rings. The maximum atomic E-state index is 14.9. The van der Waals surface area contributed by atoms with Crippen LogP contribution < -0.4 is 38.2 Å². The number of halogens is 2. The number of amides is 6. The van der Waals surface area contributed by atoms with Crippen molar-refractivity contribution in [3.05, 3.63) is 164 Å². The lowest BCUT2D eigenvalue weighted by atomic mass is 9.63. The second kappa shape index (κ2) is 36.5. The standard InChI is InChI=1S/2C46H58ClN7O8S/c2*1-30-6-4-15-46(58,22-41(55)53-18-16-52(17-19-53)35-25-61-26-35)38-11-8-33(38)23-54-28-45(14-5-7-31-20-34(47)10-12-37(31)45)29-62-40-13-9-32(21-39(40)54)42(56)49-63(59,27-30)50-43(57)36-24-51(2)48-44(36)60-3/h2*4,9-10,12-13,15,20-21,24,30,33,35,38,58H,5-8,11,14,16-19,22-23,25-29H2,1-3H3,(H,49,50,56,57,59)/b2*15-4+/t30-,33-,38+,45-,46+,63?;30-,33-,38+,45-,46-,63?/m00/s1. The van der Waals surface area contributed by atoms with E-state index in [1.165, 1.54) is 58.2 Å². The summed E-state index contributed by atoms with van der Waals surface area (Å²) < 4.78 is 81.3. The van der Waals surface area contributed by atoms with Crippen LogP contribution in [-0.4, -0.2) is 260 Å². The first-order valence-electron chi connectivity index (χ1n) is 44.5. The lowest BCUT2D eigenvalue weighted by Crippen LogP contribution is -2.58. The molecule has 8 aliphatic heterocycles. The van der Waals surface area contributed by atoms with E-state index in [0.29, 0.717) is 123 Å². The lowest BCUT2D eigenvalue weighted by Gasteiger charge is -2.49. The Morgan fingerprint density at radius 3 is 1.33 bits per heavy atom. The third-order valence-corrected chi connectivity index (χ3v) is 32.9. The predicted octanol–water partition coefficient (Wildman–Crippen LogP) is 9.59. The Hall–Kier alpha value is -8.96. The van der Waals surface area contributed by atoms with Gasteiger partial charge >= 0.3 is 0 Å². The third-order valence-electron chi connectivity index (χ3n) is 28.4. The van der Waals surface area contributed by atoms with E-state index in [4.69, 9.17) is 51.6 Å². The molecule has 6 amide bonds. The SMILES string of the molecule is COc1nn(C)cc1C(=O)NS1(=O)=NC(=O)c2ccc3c(c2)N(C[C@@H]2CC[C@H]2[C@@](O)(CC(=O)N2CCN(C4COC4)CC2)/C=C/C[C@H](C)C1)C[C@@]1(CCCc2cc(Cl)ccc21)CO3.COc1nn(C)cc1C(=O)NS1(=O)=NC(=O)c2ccc3c(c2)N(C[C@@H]2CC[C@H]2[C@](O)(CC(=O)N2CCN(C4COC4)CC2)/C=C/C[C@H](C)C1)C[C@@]1(CCCc2cc(Cl)ccc21)CO3. The van der Waals surface area contributed by atoms with Crippen LogP contribution in [0.15, 0.2) is 118 Å². The zero-order chi connectivity index (χ0) is 88.2. The van der Waals surface area contributed by atoms with Crippen LogP contribution in [0.3, 0.4) is 0 Å². The maximum absolute atomic E-state index is 14.9. The summed E-state index contributed by atoms with van der Waals surface area (Å²) in [6.07, 6.45) is 19.5. The minimum Gasteiger partial charge on any atom is -0.490 e. The average molecular weight is 1810 g/mol. The molecule has 10 heterocycles. The van der Waals surface area contributed by atoms with E-state index >= 15 is 0 Å². The Bertz CT molecular complexity index is 5180. The maximum Gasteiger partial charge on any atom is 0.286 e. The topological polar surface area (TPSA) is 336 Å². The Labute approximate surface area is 746 Å². The van der Waals surface area contributed by atoms with Gasteiger partial charge in [0, 0.05) is 137 Å². The van der Waals surface area contributed by atoms with Gasteiger partial charge in [0.15, 0.2) is 0 Å². The molecule has 2 unspecified atom stereocenters. The summed E-state index contributed by atoms with van der Waals surface area (Å²) in [5.41, 5.74) is 2.97. The summed E-state index contributed by atoms with van der Waals surface area (Å²) in [7, 11) is -1.46. The number of fused-ring (bicyclic) bond motifs is 8. The summed E-state index contributed by atoms with van der Waals surface area (Å²) >= 11 is 13.0. The number of carbonyl (C=O) groups excluding carboxylic acids is 6. The number of aliphatic hydroxyl groups is 2. The highest BCUT2D eigenvalue weighted by Crippen LogP contribution is 2.53. The lowest BCUT2D eigenvalue weighted by molar-refractivity contribution is -0.144. The van der Waals surface area contributed by atoms with E-state index in [1.807, 2.05) is 47.9 Å². The summed E-state index contributed by atoms with van der Waals surface area (Å²) in [5.74, 6) is -3.30. The van der Waals surface area contributed by atoms with Gasteiger partial charge in [0.05, 0.1) is 113 Å². The molecule has 0 radical (unpaired) electrons. The van der Waals surface area contributed by atoms with Gasteiger partial charge in [-0.1, -0.05) is 73.5 Å². The number of hydrogen-bond acceptors (Lipinski definition) is 22. The van der Waals surface area contributed by atoms with Crippen molar-refractivity contribution in [1.82, 2.24) is 48.6 Å². The van der Waals surface area contributed by atoms with Crippen molar-refractivity contribution in [3.8, 4) is 23.3 Å². The van der Waals surface area contributed by atoms with Crippen molar-refractivity contribution in [2.45, 2.75) is 138 Å². The fourth-order valence-corrected chi connectivity index (χ4v) is 25.4. The van der Waals surface area contributed by atoms with Crippen molar-refractivity contribution in [3.63, 3.8) is 0 Å². The van der Waals surface area contributed by atoms with Crippen LogP contribution in [0.4, 0.5) is 11.4 Å². The molecule has 4 saturated heterocycles. The molecule has 34 heteroatoms. The molecule has 12 atom stereocenters. The van der Waals surface area contributed by atoms with E-state index in [9.17, 15) is 47.4 Å². The molecule has 2 saturated carbocycles. The van der Waals surface area contributed by atoms with Gasteiger partial charge in [0.25, 0.3) is 23.6 Å². The number of hydrogen-bond donors (Lipinski definition) is 4. The van der Waals surface area contributed by atoms with Gasteiger partial charge in [-0.25, -0.2) is 8.42 Å². The van der Waals surface area contributed by atoms with Crippen LogP contribution in [0.2, 0.25) is 10.0 Å². The highest BCUT2D eigenvalue weighted by molar-refractivity contribution is 7.92. The van der Waals surface area contributed by atoms with Crippen molar-refractivity contribution in [1.29, 1.82) is 0 Å². The van der Waals surface area contributed by atoms with Crippen molar-refractivity contribution >= 4 is 89.8 Å². The molecule has 4 bridgehead atoms. The number of allylic oxidation sites excluding steroid dienone is 2. The van der Waals surface area contributed by atoms with Crippen LogP contribution >= 0.6 is 23.2 Å². The molecule has 30 nitrogen and oxygen atoms in total. The molecule has 4 aromatic carbocycles. The largest absolute Gasteiger partial charge is 0.490 e. The molecule has 2 aromatic heterocycles. The van der Waals surface area contributed by atoms with Crippen LogP contribution in [0.5, 0.6) is 23.3 Å². The van der Waals surface area contributed by atoms with E-state index in [0.717, 1.165) is 117 Å². The molecular weight excluding hydrogens is 1690 g/mol. The van der Waals surface area contributed by atoms with Crippen LogP contribution in [0, 0.1) is 35.5 Å². The highest BCUT2D eigenvalue weighted by Gasteiger charge is 2.53. The monoisotopic (exact) mass is 1810 g/mol. The molecule has 4 N–H and O–H groups in total. The molecular formula is C92H116Cl2N14O16S2. The number of methoxy groups -OCH3 is 2. The summed E-state index contributed by atoms with van der Waals surface area (Å²) in [5, 5.41) is 35.5. The fraction of sp³-hybridized carbons (Fsp3) is 0.565. The van der Waals surface area contributed by atoms with E-state index < -0.39 is 65.5 Å². The number of anilines is 2. The van der Waals surface area contributed by atoms with Gasteiger partial charge in [-0.2, -0.15) is 0 Å². The third kappa shape index (κ3) is 18.7. The van der Waals surface area contributed by atoms with Gasteiger partial charge in [-0.3, -0.25) is 57.4 Å². The van der Waals surface area contributed by atoms with Crippen LogP contribution in [0.25, 0.3) is 0 Å². The Morgan fingerprint density at radius 2 is 0.960 bits per heavy atom. The highest BCUT2D eigenvalue weighted by atomic mass is 35.5. The summed E-state index contributed by atoms with van der Waals surface area (Å²) in [6.45, 7) is 15.1. The van der Waals surface area contributed by atoms with E-state index in [1.54, 1.807) is 62.6 Å². The zero-order valence-electron chi connectivity index (χ0n) is 72.6. The summed E-state index contributed by atoms with van der Waals surface area (Å²) in [6, 6.07) is 23.3. The number of aromatic nitrogens is 4. The van der Waals surface area contributed by atoms with Crippen LogP contribution in [-0.2, 0) is 76.7 Å². The van der Waals surface area contributed by atoms with Crippen LogP contribution in [0.1, 0.15) is 155 Å². The van der Waals surface area contributed by atoms with Crippen molar-refractivity contribution in [2.24, 2.45) is 58.3 Å². The Balaban J connectivity index is 0.000000178. The minimum absolute atomic E-state index is 0.0204. The van der Waals surface area contributed by atoms with Gasteiger partial charge in [0.1, 0.15) is 42.5 Å². The summed E-state index contributed by atoms with van der Waals surface area (Å²) in [4.78, 5) is 97.5. The first-order chi connectivity index (χ1) is 60.5. The molecule has 18 rings (SSSR count). The van der Waals surface area contributed by atoms with Gasteiger partial charge < -0.3 is 58.2 Å². The Morgan fingerprint density at radius 1 is 0.556 bits per heavy atom. The number of ether oxygens (including phenoxy) is 6. The predicted molar refractivity (Wildman–Crippen MR) is 477 cm³/mol. The Kier molecular flexibility index (Phi) is 25.8. The first-order valence-corrected chi connectivity index (χ1v) is 48.6. The second-order valence-electron chi connectivity index (χ2n) is 37.2. The number of piperazine rings is 2. The zero-order valence-corrected chi connectivity index (χ0v) is 75.7. The number of nitrogens with zero attached hydrogens (tertiary/aromatic N) is 12. The number of nitrogens with one attached hydrogen (secondary N) is 2.